The highest BCUT2D eigenvalue weighted by Crippen LogP contribution is 2.42. The van der Waals surface area contributed by atoms with E-state index in [0.717, 1.165) is 55.4 Å². The zero-order chi connectivity index (χ0) is 17.5. The van der Waals surface area contributed by atoms with Crippen LogP contribution in [0.5, 0.6) is 17.2 Å². The van der Waals surface area contributed by atoms with Crippen LogP contribution in [-0.2, 0) is 0 Å². The van der Waals surface area contributed by atoms with Gasteiger partial charge >= 0.3 is 0 Å². The maximum Gasteiger partial charge on any atom is 0.131 e. The first-order valence-corrected chi connectivity index (χ1v) is 8.85. The highest BCUT2D eigenvalue weighted by molar-refractivity contribution is 5.52. The van der Waals surface area contributed by atoms with Crippen LogP contribution >= 0.6 is 0 Å². The molecule has 0 saturated carbocycles. The molecule has 1 heterocycles. The van der Waals surface area contributed by atoms with Crippen molar-refractivity contribution in [2.75, 3.05) is 47.5 Å². The third-order valence-corrected chi connectivity index (χ3v) is 4.70. The molecule has 1 aromatic carbocycles. The Balaban J connectivity index is 2.42. The maximum absolute atomic E-state index is 5.71. The van der Waals surface area contributed by atoms with Gasteiger partial charge in [0.1, 0.15) is 17.2 Å². The van der Waals surface area contributed by atoms with Crippen molar-refractivity contribution in [3.05, 3.63) is 17.7 Å². The summed E-state index contributed by atoms with van der Waals surface area (Å²) in [4.78, 5) is 2.55. The number of nitrogens with zero attached hydrogens (tertiary/aromatic N) is 1. The monoisotopic (exact) mass is 336 g/mol. The second kappa shape index (κ2) is 9.14. The molecular formula is C19H32N2O3. The summed E-state index contributed by atoms with van der Waals surface area (Å²) in [6, 6.07) is 4.22. The summed E-state index contributed by atoms with van der Waals surface area (Å²) in [5.41, 5.74) is 1.14. The van der Waals surface area contributed by atoms with Crippen molar-refractivity contribution in [3.8, 4) is 17.2 Å². The molecule has 0 radical (unpaired) electrons. The van der Waals surface area contributed by atoms with Gasteiger partial charge in [-0.2, -0.15) is 0 Å². The largest absolute Gasteiger partial charge is 0.496 e. The Hall–Kier alpha value is -1.46. The lowest BCUT2D eigenvalue weighted by atomic mass is 9.94. The molecule has 0 aromatic heterocycles. The Labute approximate surface area is 146 Å². The lowest BCUT2D eigenvalue weighted by Gasteiger charge is -2.37. The third-order valence-electron chi connectivity index (χ3n) is 4.70. The summed E-state index contributed by atoms with van der Waals surface area (Å²) in [6.07, 6.45) is 2.27. The topological polar surface area (TPSA) is 43.0 Å². The minimum Gasteiger partial charge on any atom is -0.496 e. The van der Waals surface area contributed by atoms with Crippen LogP contribution in [0.2, 0.25) is 0 Å². The van der Waals surface area contributed by atoms with Gasteiger partial charge < -0.3 is 19.5 Å². The molecule has 1 saturated heterocycles. The molecule has 1 fully saturated rings. The molecule has 0 unspecified atom stereocenters. The van der Waals surface area contributed by atoms with E-state index in [1.54, 1.807) is 21.3 Å². The van der Waals surface area contributed by atoms with E-state index in [4.69, 9.17) is 14.2 Å². The molecular weight excluding hydrogens is 304 g/mol. The van der Waals surface area contributed by atoms with Crippen LogP contribution in [0.3, 0.4) is 0 Å². The van der Waals surface area contributed by atoms with Gasteiger partial charge in [-0.05, 0) is 18.8 Å². The summed E-state index contributed by atoms with van der Waals surface area (Å²) < 4.78 is 16.8. The maximum atomic E-state index is 5.71. The average molecular weight is 336 g/mol. The fourth-order valence-electron chi connectivity index (χ4n) is 3.36. The summed E-state index contributed by atoms with van der Waals surface area (Å²) in [6.45, 7) is 8.69. The molecule has 136 valence electrons. The van der Waals surface area contributed by atoms with E-state index in [2.05, 4.69) is 24.1 Å². The average Bonchev–Trinajstić information content (AvgIpc) is 2.62. The first kappa shape index (κ1) is 18.9. The van der Waals surface area contributed by atoms with Crippen LogP contribution in [0, 0.1) is 5.92 Å². The van der Waals surface area contributed by atoms with Crippen LogP contribution in [0.25, 0.3) is 0 Å². The van der Waals surface area contributed by atoms with Crippen molar-refractivity contribution in [1.29, 1.82) is 0 Å². The first-order chi connectivity index (χ1) is 11.6. The Morgan fingerprint density at radius 1 is 0.958 bits per heavy atom. The summed E-state index contributed by atoms with van der Waals surface area (Å²) >= 11 is 0. The van der Waals surface area contributed by atoms with Crippen molar-refractivity contribution < 1.29 is 14.2 Å². The van der Waals surface area contributed by atoms with Crippen molar-refractivity contribution in [3.63, 3.8) is 0 Å². The highest BCUT2D eigenvalue weighted by atomic mass is 16.5. The van der Waals surface area contributed by atoms with Gasteiger partial charge in [-0.25, -0.2) is 0 Å². The minimum absolute atomic E-state index is 0.297. The van der Waals surface area contributed by atoms with Crippen LogP contribution in [0.4, 0.5) is 0 Å². The van der Waals surface area contributed by atoms with Gasteiger partial charge in [0, 0.05) is 44.4 Å². The molecule has 1 aromatic rings. The van der Waals surface area contributed by atoms with Crippen molar-refractivity contribution in [1.82, 2.24) is 10.2 Å². The predicted molar refractivity (Wildman–Crippen MR) is 97.4 cm³/mol. The molecule has 0 spiro atoms. The molecule has 24 heavy (non-hydrogen) atoms. The van der Waals surface area contributed by atoms with Gasteiger partial charge in [-0.15, -0.1) is 0 Å². The van der Waals surface area contributed by atoms with Gasteiger partial charge in [0.05, 0.1) is 26.9 Å². The molecule has 2 rings (SSSR count). The Bertz CT molecular complexity index is 488. The molecule has 1 aliphatic rings. The second-order valence-electron chi connectivity index (χ2n) is 6.72. The summed E-state index contributed by atoms with van der Waals surface area (Å²) in [7, 11) is 5.10. The fraction of sp³-hybridized carbons (Fsp3) is 0.684. The quantitative estimate of drug-likeness (QED) is 0.790. The standard InChI is InChI=1S/C19H32N2O3/c1-14(2)6-7-16(21-10-8-20-9-11-21)19-17(23-4)12-15(22-3)13-18(19)24-5/h12-14,16,20H,6-11H2,1-5H3/t16-/m1/s1. The molecule has 0 bridgehead atoms. The number of ether oxygens (including phenoxy) is 3. The lowest BCUT2D eigenvalue weighted by Crippen LogP contribution is -2.45. The first-order valence-electron chi connectivity index (χ1n) is 8.85. The van der Waals surface area contributed by atoms with Crippen LogP contribution in [0.1, 0.15) is 38.3 Å². The number of hydrogen-bond acceptors (Lipinski definition) is 5. The molecule has 0 aliphatic carbocycles. The number of benzene rings is 1. The lowest BCUT2D eigenvalue weighted by molar-refractivity contribution is 0.154. The Morgan fingerprint density at radius 2 is 1.54 bits per heavy atom. The minimum atomic E-state index is 0.297. The van der Waals surface area contributed by atoms with Gasteiger partial charge in [0.15, 0.2) is 0 Å². The van der Waals surface area contributed by atoms with Crippen LogP contribution < -0.4 is 19.5 Å². The molecule has 5 heteroatoms. The summed E-state index contributed by atoms with van der Waals surface area (Å²) in [5.74, 6) is 3.12. The van der Waals surface area contributed by atoms with Gasteiger partial charge in [-0.1, -0.05) is 13.8 Å². The highest BCUT2D eigenvalue weighted by Gasteiger charge is 2.28. The van der Waals surface area contributed by atoms with Crippen LogP contribution in [-0.4, -0.2) is 52.4 Å². The van der Waals surface area contributed by atoms with E-state index in [9.17, 15) is 0 Å². The van der Waals surface area contributed by atoms with E-state index >= 15 is 0 Å². The van der Waals surface area contributed by atoms with E-state index < -0.39 is 0 Å². The van der Waals surface area contributed by atoms with Gasteiger partial charge in [-0.3, -0.25) is 4.90 Å². The van der Waals surface area contributed by atoms with Crippen molar-refractivity contribution >= 4 is 0 Å². The Morgan fingerprint density at radius 3 is 2.00 bits per heavy atom. The molecule has 1 aliphatic heterocycles. The second-order valence-corrected chi connectivity index (χ2v) is 6.72. The zero-order valence-corrected chi connectivity index (χ0v) is 15.7. The SMILES string of the molecule is COc1cc(OC)c([C@@H](CCC(C)C)N2CCNCC2)c(OC)c1. The van der Waals surface area contributed by atoms with E-state index in [1.807, 2.05) is 12.1 Å². The van der Waals surface area contributed by atoms with Crippen molar-refractivity contribution in [2.24, 2.45) is 5.92 Å². The molecule has 0 amide bonds. The molecule has 1 N–H and O–H groups in total. The number of rotatable bonds is 8. The van der Waals surface area contributed by atoms with Gasteiger partial charge in [0.2, 0.25) is 0 Å². The smallest absolute Gasteiger partial charge is 0.131 e. The number of piperazine rings is 1. The van der Waals surface area contributed by atoms with E-state index in [-0.39, 0.29) is 0 Å². The fourth-order valence-corrected chi connectivity index (χ4v) is 3.36. The molecule has 5 nitrogen and oxygen atoms in total. The van der Waals surface area contributed by atoms with Gasteiger partial charge in [0.25, 0.3) is 0 Å². The Kier molecular flexibility index (Phi) is 7.18. The number of nitrogens with one attached hydrogen (secondary N) is 1. The van der Waals surface area contributed by atoms with E-state index in [0.29, 0.717) is 12.0 Å². The summed E-state index contributed by atoms with van der Waals surface area (Å²) in [5, 5.41) is 3.44. The molecule has 1 atom stereocenters. The number of hydrogen-bond donors (Lipinski definition) is 1. The number of methoxy groups -OCH3 is 3. The zero-order valence-electron chi connectivity index (χ0n) is 15.7. The van der Waals surface area contributed by atoms with E-state index in [1.165, 1.54) is 6.42 Å². The normalized spacial score (nSPS) is 16.9. The predicted octanol–water partition coefficient (Wildman–Crippen LogP) is 3.09. The van der Waals surface area contributed by atoms with Crippen molar-refractivity contribution in [2.45, 2.75) is 32.7 Å². The van der Waals surface area contributed by atoms with Crippen LogP contribution in [0.15, 0.2) is 12.1 Å². The third kappa shape index (κ3) is 4.54.